The Bertz CT molecular complexity index is 239. The van der Waals surface area contributed by atoms with E-state index in [0.717, 1.165) is 17.8 Å². The zero-order chi connectivity index (χ0) is 13.9. The quantitative estimate of drug-likeness (QED) is 0.557. The van der Waals surface area contributed by atoms with Gasteiger partial charge in [0.15, 0.2) is 0 Å². The van der Waals surface area contributed by atoms with Gasteiger partial charge in [0, 0.05) is 0 Å². The Balaban J connectivity index is 0.000000357. The predicted octanol–water partition coefficient (Wildman–Crippen LogP) is 4.99. The Kier molecular flexibility index (Phi) is 5.67. The van der Waals surface area contributed by atoms with Crippen molar-refractivity contribution in [3.63, 3.8) is 0 Å². The molecule has 1 N–H and O–H groups in total. The van der Waals surface area contributed by atoms with Gasteiger partial charge in [0.05, 0.1) is 0 Å². The minimum atomic E-state index is 0.0257. The minimum Gasteiger partial charge on any atom is -0.252 e. The van der Waals surface area contributed by atoms with Crippen LogP contribution in [0, 0.1) is 29.1 Å². The molecule has 2 nitrogen and oxygen atoms in total. The summed E-state index contributed by atoms with van der Waals surface area (Å²) < 4.78 is 0. The van der Waals surface area contributed by atoms with E-state index in [1.165, 1.54) is 25.7 Å². The second kappa shape index (κ2) is 6.38. The van der Waals surface area contributed by atoms with Gasteiger partial charge in [0.1, 0.15) is 6.10 Å². The van der Waals surface area contributed by atoms with Gasteiger partial charge in [0.25, 0.3) is 0 Å². The Morgan fingerprint density at radius 2 is 1.61 bits per heavy atom. The lowest BCUT2D eigenvalue weighted by Gasteiger charge is -2.36. The first-order chi connectivity index (χ1) is 8.25. The Morgan fingerprint density at radius 1 is 1.06 bits per heavy atom. The highest BCUT2D eigenvalue weighted by Gasteiger charge is 2.47. The summed E-state index contributed by atoms with van der Waals surface area (Å²) in [6, 6.07) is 0. The lowest BCUT2D eigenvalue weighted by molar-refractivity contribution is -0.315. The number of hydrogen-bond acceptors (Lipinski definition) is 2. The second-order valence-electron chi connectivity index (χ2n) is 7.96. The average molecular weight is 256 g/mol. The Labute approximate surface area is 113 Å². The van der Waals surface area contributed by atoms with Gasteiger partial charge < -0.3 is 0 Å². The van der Waals surface area contributed by atoms with Crippen LogP contribution >= 0.6 is 0 Å². The topological polar surface area (TPSA) is 29.5 Å². The van der Waals surface area contributed by atoms with Crippen LogP contribution in [0.3, 0.4) is 0 Å². The molecular weight excluding hydrogens is 224 g/mol. The van der Waals surface area contributed by atoms with E-state index < -0.39 is 0 Å². The van der Waals surface area contributed by atoms with Crippen LogP contribution in [0.15, 0.2) is 0 Å². The molecule has 2 aliphatic rings. The van der Waals surface area contributed by atoms with Crippen molar-refractivity contribution in [3.8, 4) is 0 Å². The van der Waals surface area contributed by atoms with E-state index in [1.807, 2.05) is 0 Å². The van der Waals surface area contributed by atoms with Crippen LogP contribution in [0.2, 0.25) is 0 Å². The second-order valence-corrected chi connectivity index (χ2v) is 7.96. The molecule has 4 unspecified atom stereocenters. The zero-order valence-corrected chi connectivity index (χ0v) is 13.1. The molecule has 2 rings (SSSR count). The molecule has 2 heteroatoms. The molecule has 2 aliphatic carbocycles. The minimum absolute atomic E-state index is 0.0257. The van der Waals surface area contributed by atoms with Gasteiger partial charge in [-0.15, -0.1) is 0 Å². The molecule has 0 amide bonds. The van der Waals surface area contributed by atoms with E-state index in [9.17, 15) is 0 Å². The van der Waals surface area contributed by atoms with Gasteiger partial charge >= 0.3 is 0 Å². The number of hydrogen-bond donors (Lipinski definition) is 1. The van der Waals surface area contributed by atoms with Gasteiger partial charge in [-0.3, -0.25) is 5.26 Å². The highest BCUT2D eigenvalue weighted by Crippen LogP contribution is 2.52. The highest BCUT2D eigenvalue weighted by atomic mass is 17.1. The molecule has 0 aromatic heterocycles. The third-order valence-corrected chi connectivity index (χ3v) is 4.15. The molecule has 0 aromatic carbocycles. The monoisotopic (exact) mass is 256 g/mol. The summed E-state index contributed by atoms with van der Waals surface area (Å²) >= 11 is 0. The largest absolute Gasteiger partial charge is 0.252 e. The van der Waals surface area contributed by atoms with Crippen LogP contribution in [0.1, 0.15) is 67.2 Å². The summed E-state index contributed by atoms with van der Waals surface area (Å²) in [6.07, 6.45) is 5.43. The van der Waals surface area contributed by atoms with Gasteiger partial charge in [-0.25, -0.2) is 4.89 Å². The van der Waals surface area contributed by atoms with Crippen LogP contribution in [-0.2, 0) is 4.89 Å². The van der Waals surface area contributed by atoms with Gasteiger partial charge in [0.2, 0.25) is 0 Å². The predicted molar refractivity (Wildman–Crippen MR) is 76.4 cm³/mol. The first-order valence-electron chi connectivity index (χ1n) is 7.56. The summed E-state index contributed by atoms with van der Waals surface area (Å²) in [5.74, 6) is 3.17. The van der Waals surface area contributed by atoms with Crippen molar-refractivity contribution in [1.29, 1.82) is 0 Å². The molecule has 0 saturated heterocycles. The normalized spacial score (nSPS) is 32.3. The van der Waals surface area contributed by atoms with Crippen LogP contribution in [0.4, 0.5) is 0 Å². The van der Waals surface area contributed by atoms with Crippen molar-refractivity contribution in [2.75, 3.05) is 0 Å². The molecule has 2 saturated carbocycles. The lowest BCUT2D eigenvalue weighted by atomic mass is 9.74. The Hall–Kier alpha value is -0.0800. The SMILES string of the molecule is CC(C)(C)C(OO)C1CC2CCC1C2.CC(C)C. The fraction of sp³-hybridized carbons (Fsp3) is 1.00. The van der Waals surface area contributed by atoms with Crippen LogP contribution in [-0.4, -0.2) is 11.4 Å². The van der Waals surface area contributed by atoms with E-state index in [0.29, 0.717) is 5.92 Å². The van der Waals surface area contributed by atoms with Crippen LogP contribution in [0.5, 0.6) is 0 Å². The molecule has 2 fully saturated rings. The third-order valence-electron chi connectivity index (χ3n) is 4.15. The van der Waals surface area contributed by atoms with Crippen molar-refractivity contribution in [2.24, 2.45) is 29.1 Å². The Morgan fingerprint density at radius 3 is 1.89 bits per heavy atom. The zero-order valence-electron chi connectivity index (χ0n) is 13.1. The fourth-order valence-electron chi connectivity index (χ4n) is 3.54. The molecule has 0 aromatic rings. The molecule has 0 radical (unpaired) electrons. The molecule has 0 spiro atoms. The first kappa shape index (κ1) is 16.0. The third kappa shape index (κ3) is 4.24. The van der Waals surface area contributed by atoms with E-state index in [2.05, 4.69) is 41.5 Å². The van der Waals surface area contributed by atoms with E-state index in [-0.39, 0.29) is 11.5 Å². The van der Waals surface area contributed by atoms with Crippen molar-refractivity contribution >= 4 is 0 Å². The molecule has 2 bridgehead atoms. The van der Waals surface area contributed by atoms with E-state index >= 15 is 0 Å². The summed E-state index contributed by atoms with van der Waals surface area (Å²) in [5, 5.41) is 9.05. The first-order valence-corrected chi connectivity index (χ1v) is 7.56. The molecule has 18 heavy (non-hydrogen) atoms. The van der Waals surface area contributed by atoms with E-state index in [1.54, 1.807) is 0 Å². The van der Waals surface area contributed by atoms with E-state index in [4.69, 9.17) is 10.1 Å². The van der Waals surface area contributed by atoms with Gasteiger partial charge in [-0.05, 0) is 48.3 Å². The van der Waals surface area contributed by atoms with Gasteiger partial charge in [-0.1, -0.05) is 48.0 Å². The number of fused-ring (bicyclic) bond motifs is 2. The van der Waals surface area contributed by atoms with Crippen molar-refractivity contribution < 1.29 is 10.1 Å². The molecule has 4 atom stereocenters. The van der Waals surface area contributed by atoms with Crippen molar-refractivity contribution in [2.45, 2.75) is 73.3 Å². The number of rotatable bonds is 2. The maximum absolute atomic E-state index is 9.05. The smallest absolute Gasteiger partial charge is 0.101 e. The highest BCUT2D eigenvalue weighted by molar-refractivity contribution is 4.96. The van der Waals surface area contributed by atoms with Crippen molar-refractivity contribution in [1.82, 2.24) is 0 Å². The summed E-state index contributed by atoms with van der Waals surface area (Å²) in [7, 11) is 0. The lowest BCUT2D eigenvalue weighted by Crippen LogP contribution is -2.38. The summed E-state index contributed by atoms with van der Waals surface area (Å²) in [6.45, 7) is 13.0. The van der Waals surface area contributed by atoms with Crippen molar-refractivity contribution in [3.05, 3.63) is 0 Å². The fourth-order valence-corrected chi connectivity index (χ4v) is 3.54. The molecule has 0 heterocycles. The molecule has 108 valence electrons. The van der Waals surface area contributed by atoms with Crippen LogP contribution < -0.4 is 0 Å². The standard InChI is InChI=1S/C12H22O2.C4H10/c1-12(2,3)11(14-13)10-7-8-4-5-9(10)6-8;1-4(2)3/h8-11,13H,4-7H2,1-3H3;4H,1-3H3. The average Bonchev–Trinajstić information content (AvgIpc) is 2.76. The van der Waals surface area contributed by atoms with Crippen LogP contribution in [0.25, 0.3) is 0 Å². The maximum atomic E-state index is 9.05. The van der Waals surface area contributed by atoms with Gasteiger partial charge in [-0.2, -0.15) is 0 Å². The summed E-state index contributed by atoms with van der Waals surface area (Å²) in [4.78, 5) is 4.75. The molecular formula is C16H32O2. The maximum Gasteiger partial charge on any atom is 0.101 e. The molecule has 0 aliphatic heterocycles. The summed E-state index contributed by atoms with van der Waals surface area (Å²) in [5.41, 5.74) is 0.0594.